The normalized spacial score (nSPS) is 24.9. The van der Waals surface area contributed by atoms with Crippen molar-refractivity contribution >= 4 is 35.1 Å². The van der Waals surface area contributed by atoms with Crippen LogP contribution in [0.4, 0.5) is 8.78 Å². The summed E-state index contributed by atoms with van der Waals surface area (Å²) in [4.78, 5) is 15.3. The van der Waals surface area contributed by atoms with Crippen LogP contribution in [0.5, 0.6) is 0 Å². The smallest absolute Gasteiger partial charge is 0.347 e. The number of carboxylic acids is 1. The van der Waals surface area contributed by atoms with Gasteiger partial charge in [0.15, 0.2) is 4.34 Å². The molecule has 4 nitrogen and oxygen atoms in total. The topological polar surface area (TPSA) is 70.4 Å². The molecule has 150 valence electrons. The van der Waals surface area contributed by atoms with Gasteiger partial charge in [0.1, 0.15) is 16.5 Å². The van der Waals surface area contributed by atoms with Gasteiger partial charge in [0.25, 0.3) is 0 Å². The predicted octanol–water partition coefficient (Wildman–Crippen LogP) is 4.95. The Morgan fingerprint density at radius 1 is 1.36 bits per heavy atom. The first kappa shape index (κ1) is 21.0. The molecule has 1 aliphatic carbocycles. The number of aromatic nitrogens is 1. The maximum Gasteiger partial charge on any atom is 0.347 e. The van der Waals surface area contributed by atoms with Crippen LogP contribution in [-0.4, -0.2) is 33.0 Å². The highest BCUT2D eigenvalue weighted by molar-refractivity contribution is 8.01. The molecule has 1 aromatic heterocycles. The Hall–Kier alpha value is -1.77. The van der Waals surface area contributed by atoms with Crippen LogP contribution in [0.3, 0.4) is 0 Å². The number of rotatable bonds is 7. The number of aliphatic hydroxyl groups is 1. The molecule has 2 N–H and O–H groups in total. The molecule has 0 aliphatic heterocycles. The molecule has 0 radical (unpaired) electrons. The second kappa shape index (κ2) is 9.15. The Bertz CT molecular complexity index is 851. The molecule has 0 bridgehead atoms. The van der Waals surface area contributed by atoms with Crippen LogP contribution in [0, 0.1) is 29.4 Å². The van der Waals surface area contributed by atoms with Gasteiger partial charge in [-0.25, -0.2) is 18.6 Å². The number of hydrogen-bond acceptors (Lipinski definition) is 5. The van der Waals surface area contributed by atoms with Crippen molar-refractivity contribution in [3.63, 3.8) is 0 Å². The van der Waals surface area contributed by atoms with Crippen LogP contribution in [0.25, 0.3) is 6.08 Å². The molecule has 0 spiro atoms. The SMILES string of the molecule is C[C@@H]1C[C@@H](O)[C@H](/C=C/c2cc(F)cc(F)c2)[C@H]1CCSc1ncc(C(=O)O)s1. The zero-order chi connectivity index (χ0) is 20.3. The Morgan fingerprint density at radius 2 is 2.07 bits per heavy atom. The number of carbonyl (C=O) groups is 1. The number of hydrogen-bond donors (Lipinski definition) is 2. The number of thiazole rings is 1. The van der Waals surface area contributed by atoms with Gasteiger partial charge in [-0.1, -0.05) is 30.8 Å². The van der Waals surface area contributed by atoms with Crippen molar-refractivity contribution in [2.45, 2.75) is 30.2 Å². The molecule has 1 aliphatic rings. The number of halogens is 2. The zero-order valence-electron chi connectivity index (χ0n) is 15.2. The highest BCUT2D eigenvalue weighted by atomic mass is 32.2. The van der Waals surface area contributed by atoms with Gasteiger partial charge in [-0.2, -0.15) is 0 Å². The number of aromatic carboxylic acids is 1. The fourth-order valence-corrected chi connectivity index (χ4v) is 5.66. The van der Waals surface area contributed by atoms with E-state index < -0.39 is 23.7 Å². The molecule has 4 atom stereocenters. The third-order valence-electron chi connectivity index (χ3n) is 5.05. The fourth-order valence-electron chi connectivity index (χ4n) is 3.73. The summed E-state index contributed by atoms with van der Waals surface area (Å²) in [6.45, 7) is 2.10. The quantitative estimate of drug-likeness (QED) is 0.615. The first-order valence-corrected chi connectivity index (χ1v) is 10.8. The molecule has 1 fully saturated rings. The van der Waals surface area contributed by atoms with E-state index in [9.17, 15) is 18.7 Å². The van der Waals surface area contributed by atoms with Gasteiger partial charge in [0, 0.05) is 17.7 Å². The second-order valence-electron chi connectivity index (χ2n) is 7.02. The second-order valence-corrected chi connectivity index (χ2v) is 9.39. The molecule has 0 unspecified atom stereocenters. The molecular weight excluding hydrogens is 404 g/mol. The molecule has 3 rings (SSSR count). The molecule has 1 aromatic carbocycles. The van der Waals surface area contributed by atoms with E-state index in [0.29, 0.717) is 22.2 Å². The Labute approximate surface area is 170 Å². The summed E-state index contributed by atoms with van der Waals surface area (Å²) in [5, 5.41) is 19.4. The van der Waals surface area contributed by atoms with E-state index in [2.05, 4.69) is 11.9 Å². The van der Waals surface area contributed by atoms with E-state index in [1.807, 2.05) is 6.08 Å². The van der Waals surface area contributed by atoms with Gasteiger partial charge in [0.2, 0.25) is 0 Å². The maximum atomic E-state index is 13.4. The van der Waals surface area contributed by atoms with Crippen LogP contribution in [0.15, 0.2) is 34.8 Å². The van der Waals surface area contributed by atoms with Gasteiger partial charge >= 0.3 is 5.97 Å². The van der Waals surface area contributed by atoms with E-state index in [4.69, 9.17) is 5.11 Å². The number of benzene rings is 1. The average Bonchev–Trinajstić information content (AvgIpc) is 3.18. The molecule has 8 heteroatoms. The lowest BCUT2D eigenvalue weighted by atomic mass is 9.87. The van der Waals surface area contributed by atoms with Crippen molar-refractivity contribution in [1.29, 1.82) is 0 Å². The van der Waals surface area contributed by atoms with Gasteiger partial charge in [-0.15, -0.1) is 11.3 Å². The zero-order valence-corrected chi connectivity index (χ0v) is 16.9. The molecule has 1 saturated carbocycles. The van der Waals surface area contributed by atoms with Gasteiger partial charge in [-0.05, 0) is 42.4 Å². The average molecular weight is 426 g/mol. The van der Waals surface area contributed by atoms with E-state index in [1.165, 1.54) is 30.1 Å². The molecule has 28 heavy (non-hydrogen) atoms. The van der Waals surface area contributed by atoms with Crippen molar-refractivity contribution in [1.82, 2.24) is 4.98 Å². The minimum atomic E-state index is -0.976. The number of aliphatic hydroxyl groups excluding tert-OH is 1. The maximum absolute atomic E-state index is 13.4. The van der Waals surface area contributed by atoms with Crippen LogP contribution < -0.4 is 0 Å². The predicted molar refractivity (Wildman–Crippen MR) is 107 cm³/mol. The lowest BCUT2D eigenvalue weighted by molar-refractivity contribution is 0.0702. The third kappa shape index (κ3) is 5.18. The molecule has 2 aromatic rings. The summed E-state index contributed by atoms with van der Waals surface area (Å²) in [5.41, 5.74) is 0.432. The van der Waals surface area contributed by atoms with Crippen LogP contribution in [0.2, 0.25) is 0 Å². The molecule has 1 heterocycles. The lowest BCUT2D eigenvalue weighted by Gasteiger charge is -2.21. The first-order valence-electron chi connectivity index (χ1n) is 8.97. The van der Waals surface area contributed by atoms with Crippen molar-refractivity contribution in [3.05, 3.63) is 52.5 Å². The number of nitrogens with zero attached hydrogens (tertiary/aromatic N) is 1. The van der Waals surface area contributed by atoms with Crippen molar-refractivity contribution in [2.24, 2.45) is 17.8 Å². The largest absolute Gasteiger partial charge is 0.477 e. The summed E-state index contributed by atoms with van der Waals surface area (Å²) in [6.07, 6.45) is 5.90. The van der Waals surface area contributed by atoms with E-state index in [0.717, 1.165) is 29.6 Å². The van der Waals surface area contributed by atoms with Crippen LogP contribution >= 0.6 is 23.1 Å². The van der Waals surface area contributed by atoms with E-state index >= 15 is 0 Å². The van der Waals surface area contributed by atoms with E-state index in [1.54, 1.807) is 6.08 Å². The van der Waals surface area contributed by atoms with Gasteiger partial charge in [0.05, 0.1) is 12.3 Å². The van der Waals surface area contributed by atoms with Crippen LogP contribution in [0.1, 0.15) is 35.0 Å². The summed E-state index contributed by atoms with van der Waals surface area (Å²) >= 11 is 2.66. The van der Waals surface area contributed by atoms with Gasteiger partial charge in [-0.3, -0.25) is 0 Å². The monoisotopic (exact) mass is 425 g/mol. The lowest BCUT2D eigenvalue weighted by Crippen LogP contribution is -2.18. The fraction of sp³-hybridized carbons (Fsp3) is 0.400. The number of carboxylic acid groups (broad SMARTS) is 1. The molecular formula is C20H21F2NO3S2. The van der Waals surface area contributed by atoms with Gasteiger partial charge < -0.3 is 10.2 Å². The Kier molecular flexibility index (Phi) is 6.85. The van der Waals surface area contributed by atoms with Crippen molar-refractivity contribution in [2.75, 3.05) is 5.75 Å². The molecule has 0 amide bonds. The summed E-state index contributed by atoms with van der Waals surface area (Å²) in [5.74, 6) is -1.01. The Balaban J connectivity index is 1.62. The van der Waals surface area contributed by atoms with Crippen molar-refractivity contribution in [3.8, 4) is 0 Å². The minimum Gasteiger partial charge on any atom is -0.477 e. The standard InChI is InChI=1S/C20H21F2NO3S2/c1-11-6-17(24)16(3-2-12-7-13(21)9-14(22)8-12)15(11)4-5-27-20-23-10-18(28-20)19(25)26/h2-3,7-11,15-17,24H,4-6H2,1H3,(H,25,26)/b3-2+/t11-,15+,16-,17-/m1/s1. The summed E-state index contributed by atoms with van der Waals surface area (Å²) < 4.78 is 27.4. The molecule has 0 saturated heterocycles. The highest BCUT2D eigenvalue weighted by Gasteiger charge is 2.38. The minimum absolute atomic E-state index is 0.0900. The number of thioether (sulfide) groups is 1. The van der Waals surface area contributed by atoms with Crippen molar-refractivity contribution < 1.29 is 23.8 Å². The van der Waals surface area contributed by atoms with E-state index in [-0.39, 0.29) is 16.7 Å². The Morgan fingerprint density at radius 3 is 2.71 bits per heavy atom. The van der Waals surface area contributed by atoms with Crippen LogP contribution in [-0.2, 0) is 0 Å². The first-order chi connectivity index (χ1) is 13.3. The summed E-state index contributed by atoms with van der Waals surface area (Å²) in [7, 11) is 0. The summed E-state index contributed by atoms with van der Waals surface area (Å²) in [6, 6.07) is 3.35. The highest BCUT2D eigenvalue weighted by Crippen LogP contribution is 2.41. The third-order valence-corrected chi connectivity index (χ3v) is 7.23.